The molecule has 0 radical (unpaired) electrons. The van der Waals surface area contributed by atoms with E-state index < -0.39 is 0 Å². The van der Waals surface area contributed by atoms with Crippen molar-refractivity contribution in [1.82, 2.24) is 4.57 Å². The van der Waals surface area contributed by atoms with Gasteiger partial charge in [0.2, 0.25) is 0 Å². The third-order valence-corrected chi connectivity index (χ3v) is 3.70. The molecule has 0 aliphatic carbocycles. The van der Waals surface area contributed by atoms with Crippen LogP contribution in [0, 0.1) is 0 Å². The molecule has 0 bridgehead atoms. The second-order valence-corrected chi connectivity index (χ2v) is 5.60. The molecule has 2 N–H and O–H groups in total. The summed E-state index contributed by atoms with van der Waals surface area (Å²) >= 11 is 0. The summed E-state index contributed by atoms with van der Waals surface area (Å²) in [6.45, 7) is 6.16. The number of nitrogens with zero attached hydrogens (tertiary/aromatic N) is 1. The number of hydrogen-bond donors (Lipinski definition) is 1. The summed E-state index contributed by atoms with van der Waals surface area (Å²) in [5, 5.41) is 0. The Kier molecular flexibility index (Phi) is 4.09. The van der Waals surface area contributed by atoms with E-state index >= 15 is 0 Å². The molecule has 0 spiro atoms. The Hall–Kier alpha value is -1.87. The Morgan fingerprint density at radius 1 is 1.00 bits per heavy atom. The molecule has 1 heterocycles. The molecule has 0 fully saturated rings. The van der Waals surface area contributed by atoms with Crippen LogP contribution in [0.3, 0.4) is 0 Å². The van der Waals surface area contributed by atoms with Crippen molar-refractivity contribution in [3.63, 3.8) is 0 Å². The molecule has 0 aliphatic heterocycles. The van der Waals surface area contributed by atoms with Crippen molar-refractivity contribution in [2.45, 2.75) is 32.7 Å². The van der Waals surface area contributed by atoms with Crippen LogP contribution in [0.1, 0.15) is 43.9 Å². The lowest BCUT2D eigenvalue weighted by Crippen LogP contribution is -2.26. The van der Waals surface area contributed by atoms with E-state index in [-0.39, 0.29) is 11.6 Å². The summed E-state index contributed by atoms with van der Waals surface area (Å²) in [5.74, 6) is 0.508. The van der Waals surface area contributed by atoms with Crippen molar-refractivity contribution in [1.29, 1.82) is 0 Å². The average Bonchev–Trinajstić information content (AvgIpc) is 2.41. The van der Waals surface area contributed by atoms with E-state index in [9.17, 15) is 4.79 Å². The van der Waals surface area contributed by atoms with Crippen LogP contribution in [0.4, 0.5) is 0 Å². The summed E-state index contributed by atoms with van der Waals surface area (Å²) in [5.41, 5.74) is 9.69. The van der Waals surface area contributed by atoms with Gasteiger partial charge in [-0.25, -0.2) is 0 Å². The monoisotopic (exact) mass is 270 g/mol. The molecule has 1 atom stereocenters. The predicted molar refractivity (Wildman–Crippen MR) is 83.8 cm³/mol. The minimum Gasteiger partial charge on any atom is -0.324 e. The molecule has 1 aromatic heterocycles. The van der Waals surface area contributed by atoms with Crippen molar-refractivity contribution >= 4 is 0 Å². The van der Waals surface area contributed by atoms with Gasteiger partial charge in [-0.15, -0.1) is 0 Å². The molecule has 0 saturated carbocycles. The predicted octanol–water partition coefficient (Wildman–Crippen LogP) is 3.20. The molecule has 3 heteroatoms. The maximum atomic E-state index is 12.3. The highest BCUT2D eigenvalue weighted by Crippen LogP contribution is 2.22. The summed E-state index contributed by atoms with van der Waals surface area (Å²) in [6.07, 6.45) is 0. The minimum atomic E-state index is -0.244. The SMILES string of the molecule is CC(C)c1ccc(-c2ccc(C(C)N)c(=O)n2C)cc1. The van der Waals surface area contributed by atoms with Gasteiger partial charge in [0.1, 0.15) is 0 Å². The summed E-state index contributed by atoms with van der Waals surface area (Å²) in [4.78, 5) is 12.3. The van der Waals surface area contributed by atoms with Crippen LogP contribution in [0.15, 0.2) is 41.2 Å². The zero-order valence-corrected chi connectivity index (χ0v) is 12.6. The molecule has 106 valence electrons. The molecule has 0 saturated heterocycles. The number of aromatic nitrogens is 1. The molecular formula is C17H22N2O. The third-order valence-electron chi connectivity index (χ3n) is 3.70. The Balaban J connectivity index is 2.48. The zero-order chi connectivity index (χ0) is 14.9. The first-order valence-electron chi connectivity index (χ1n) is 6.97. The van der Waals surface area contributed by atoms with Crippen LogP contribution < -0.4 is 11.3 Å². The smallest absolute Gasteiger partial charge is 0.255 e. The van der Waals surface area contributed by atoms with Crippen molar-refractivity contribution < 1.29 is 0 Å². The number of nitrogens with two attached hydrogens (primary N) is 1. The first-order chi connectivity index (χ1) is 9.41. The van der Waals surface area contributed by atoms with Gasteiger partial charge in [-0.05, 0) is 36.1 Å². The third kappa shape index (κ3) is 2.68. The largest absolute Gasteiger partial charge is 0.324 e. The van der Waals surface area contributed by atoms with Gasteiger partial charge in [0.05, 0.1) is 5.69 Å². The average molecular weight is 270 g/mol. The van der Waals surface area contributed by atoms with Gasteiger partial charge >= 0.3 is 0 Å². The van der Waals surface area contributed by atoms with Crippen LogP contribution in [0.25, 0.3) is 11.3 Å². The normalized spacial score (nSPS) is 12.7. The molecule has 2 rings (SSSR count). The highest BCUT2D eigenvalue weighted by Gasteiger charge is 2.10. The van der Waals surface area contributed by atoms with E-state index in [4.69, 9.17) is 5.73 Å². The maximum absolute atomic E-state index is 12.3. The lowest BCUT2D eigenvalue weighted by Gasteiger charge is -2.13. The topological polar surface area (TPSA) is 48.0 Å². The Morgan fingerprint density at radius 3 is 2.10 bits per heavy atom. The van der Waals surface area contributed by atoms with Crippen LogP contribution in [-0.4, -0.2) is 4.57 Å². The van der Waals surface area contributed by atoms with Crippen molar-refractivity contribution in [2.24, 2.45) is 12.8 Å². The highest BCUT2D eigenvalue weighted by atomic mass is 16.1. The number of rotatable bonds is 3. The van der Waals surface area contributed by atoms with Crippen LogP contribution in [0.2, 0.25) is 0 Å². The van der Waals surface area contributed by atoms with E-state index in [1.54, 1.807) is 11.6 Å². The van der Waals surface area contributed by atoms with Gasteiger partial charge in [0.25, 0.3) is 5.56 Å². The lowest BCUT2D eigenvalue weighted by molar-refractivity contribution is 0.760. The Bertz CT molecular complexity index is 652. The summed E-state index contributed by atoms with van der Waals surface area (Å²) < 4.78 is 1.67. The van der Waals surface area contributed by atoms with Crippen LogP contribution >= 0.6 is 0 Å². The fraction of sp³-hybridized carbons (Fsp3) is 0.353. The summed E-state index contributed by atoms with van der Waals surface area (Å²) in [7, 11) is 1.79. The second-order valence-electron chi connectivity index (χ2n) is 5.60. The van der Waals surface area contributed by atoms with E-state index in [0.29, 0.717) is 11.5 Å². The standard InChI is InChI=1S/C17H22N2O/c1-11(2)13-5-7-14(8-6-13)16-10-9-15(12(3)18)17(20)19(16)4/h5-12H,18H2,1-4H3. The van der Waals surface area contributed by atoms with Crippen LogP contribution in [-0.2, 0) is 7.05 Å². The van der Waals surface area contributed by atoms with Gasteiger partial charge in [-0.3, -0.25) is 4.79 Å². The van der Waals surface area contributed by atoms with Gasteiger partial charge in [0.15, 0.2) is 0 Å². The fourth-order valence-corrected chi connectivity index (χ4v) is 2.33. The van der Waals surface area contributed by atoms with Crippen molar-refractivity contribution in [3.05, 3.63) is 57.9 Å². The molecule has 0 amide bonds. The summed E-state index contributed by atoms with van der Waals surface area (Å²) in [6, 6.07) is 11.9. The zero-order valence-electron chi connectivity index (χ0n) is 12.6. The molecular weight excluding hydrogens is 248 g/mol. The van der Waals surface area contributed by atoms with Crippen molar-refractivity contribution in [2.75, 3.05) is 0 Å². The van der Waals surface area contributed by atoms with E-state index in [0.717, 1.165) is 11.3 Å². The molecule has 20 heavy (non-hydrogen) atoms. The first-order valence-corrected chi connectivity index (χ1v) is 6.97. The molecule has 2 aromatic rings. The fourth-order valence-electron chi connectivity index (χ4n) is 2.33. The van der Waals surface area contributed by atoms with E-state index in [2.05, 4.69) is 38.1 Å². The number of benzene rings is 1. The minimum absolute atomic E-state index is 0.0227. The highest BCUT2D eigenvalue weighted by molar-refractivity contribution is 5.60. The van der Waals surface area contributed by atoms with Gasteiger partial charge in [-0.1, -0.05) is 38.1 Å². The number of hydrogen-bond acceptors (Lipinski definition) is 2. The Labute approximate surface area is 120 Å². The van der Waals surface area contributed by atoms with Gasteiger partial charge in [-0.2, -0.15) is 0 Å². The number of pyridine rings is 1. The maximum Gasteiger partial charge on any atom is 0.255 e. The van der Waals surface area contributed by atoms with Crippen LogP contribution in [0.5, 0.6) is 0 Å². The van der Waals surface area contributed by atoms with Gasteiger partial charge < -0.3 is 10.3 Å². The Morgan fingerprint density at radius 2 is 1.60 bits per heavy atom. The quantitative estimate of drug-likeness (QED) is 0.931. The van der Waals surface area contributed by atoms with Crippen molar-refractivity contribution in [3.8, 4) is 11.3 Å². The molecule has 1 unspecified atom stereocenters. The molecule has 3 nitrogen and oxygen atoms in total. The molecule has 0 aliphatic rings. The molecule has 1 aromatic carbocycles. The van der Waals surface area contributed by atoms with E-state index in [1.807, 2.05) is 19.1 Å². The first kappa shape index (κ1) is 14.5. The lowest BCUT2D eigenvalue weighted by atomic mass is 10.00. The van der Waals surface area contributed by atoms with E-state index in [1.165, 1.54) is 5.56 Å². The van der Waals surface area contributed by atoms with Gasteiger partial charge in [0, 0.05) is 18.7 Å². The second kappa shape index (κ2) is 5.63.